The van der Waals surface area contributed by atoms with Gasteiger partial charge in [-0.15, -0.1) is 0 Å². The normalized spacial score (nSPS) is 23.4. The van der Waals surface area contributed by atoms with E-state index in [1.165, 1.54) is 11.1 Å². The van der Waals surface area contributed by atoms with Crippen LogP contribution < -0.4 is 15.0 Å². The fourth-order valence-corrected chi connectivity index (χ4v) is 7.30. The number of aryl methyl sites for hydroxylation is 1. The van der Waals surface area contributed by atoms with Crippen molar-refractivity contribution in [3.05, 3.63) is 66.0 Å². The van der Waals surface area contributed by atoms with Crippen molar-refractivity contribution in [1.29, 1.82) is 0 Å². The molecule has 45 heavy (non-hydrogen) atoms. The first-order valence-corrected chi connectivity index (χ1v) is 16.6. The molecule has 8 nitrogen and oxygen atoms in total. The molecule has 1 N–H and O–H groups in total. The second-order valence-corrected chi connectivity index (χ2v) is 13.5. The van der Waals surface area contributed by atoms with Crippen LogP contribution in [0, 0.1) is 18.8 Å². The van der Waals surface area contributed by atoms with Gasteiger partial charge in [0.1, 0.15) is 11.4 Å². The van der Waals surface area contributed by atoms with Crippen molar-refractivity contribution < 1.29 is 19.1 Å². The van der Waals surface area contributed by atoms with E-state index in [0.29, 0.717) is 31.2 Å². The molecule has 0 radical (unpaired) electrons. The molecule has 2 aromatic carbocycles. The van der Waals surface area contributed by atoms with Crippen LogP contribution in [0.1, 0.15) is 95.2 Å². The van der Waals surface area contributed by atoms with Gasteiger partial charge in [-0.2, -0.15) is 5.10 Å². The Morgan fingerprint density at radius 3 is 2.51 bits per heavy atom. The van der Waals surface area contributed by atoms with Gasteiger partial charge in [0.05, 0.1) is 19.2 Å². The number of carbonyl (C=O) groups is 2. The third-order valence-corrected chi connectivity index (χ3v) is 10.0. The predicted molar refractivity (Wildman–Crippen MR) is 179 cm³/mol. The van der Waals surface area contributed by atoms with Gasteiger partial charge in [0.15, 0.2) is 0 Å². The summed E-state index contributed by atoms with van der Waals surface area (Å²) in [6.45, 7) is 8.90. The quantitative estimate of drug-likeness (QED) is 0.264. The van der Waals surface area contributed by atoms with Crippen LogP contribution in [0.25, 0.3) is 11.1 Å². The maximum absolute atomic E-state index is 14.7. The molecule has 2 aliphatic carbocycles. The molecule has 0 bridgehead atoms. The molecule has 2 fully saturated rings. The topological polar surface area (TPSA) is 85.7 Å². The Labute approximate surface area is 268 Å². The predicted octanol–water partition coefficient (Wildman–Crippen LogP) is 8.06. The van der Waals surface area contributed by atoms with E-state index in [0.717, 1.165) is 61.1 Å². The van der Waals surface area contributed by atoms with Gasteiger partial charge in [-0.1, -0.05) is 30.7 Å². The number of hydrogen-bond acceptors (Lipinski definition) is 5. The molecule has 1 heterocycles. The number of nitrogens with one attached hydrogen (secondary N) is 1. The molecule has 0 aliphatic heterocycles. The van der Waals surface area contributed by atoms with Gasteiger partial charge in [0, 0.05) is 37.1 Å². The highest BCUT2D eigenvalue weighted by molar-refractivity contribution is 5.96. The molecule has 1 aromatic heterocycles. The Kier molecular flexibility index (Phi) is 10.2. The maximum Gasteiger partial charge on any atom is 0.407 e. The summed E-state index contributed by atoms with van der Waals surface area (Å²) in [5.41, 5.74) is 4.63. The van der Waals surface area contributed by atoms with Crippen molar-refractivity contribution in [2.24, 2.45) is 11.8 Å². The van der Waals surface area contributed by atoms with Crippen LogP contribution >= 0.6 is 0 Å². The average Bonchev–Trinajstić information content (AvgIpc) is 3.55. The van der Waals surface area contributed by atoms with Crippen LogP contribution in [0.5, 0.6) is 5.75 Å². The number of hydrogen-bond donors (Lipinski definition) is 1. The van der Waals surface area contributed by atoms with E-state index in [1.807, 2.05) is 34.8 Å². The average molecular weight is 615 g/mol. The van der Waals surface area contributed by atoms with Crippen LogP contribution in [0.4, 0.5) is 10.5 Å². The lowest BCUT2D eigenvalue weighted by atomic mass is 9.75. The summed E-state index contributed by atoms with van der Waals surface area (Å²) in [6.07, 6.45) is 11.0. The summed E-state index contributed by atoms with van der Waals surface area (Å²) < 4.78 is 13.4. The van der Waals surface area contributed by atoms with E-state index in [2.05, 4.69) is 67.7 Å². The third-order valence-electron chi connectivity index (χ3n) is 10.0. The molecule has 2 saturated carbocycles. The standard InChI is InChI=1S/C37H50N4O4/c1-25(2)41-24-31(22-39-41)29-10-9-11-32(21-29)40(35(42)33-12-7-8-19-37(33,4)45-36(43)38-5)23-27-13-15-28(16-14-27)30-17-18-34(44-6)26(3)20-30/h9-11,17-18,20-22,24-25,27-28,33H,7-8,12-16,19,23H2,1-6H3,(H,38,43)/t27?,28?,33-,37+/m0/s1. The van der Waals surface area contributed by atoms with Crippen LogP contribution in [0.3, 0.4) is 0 Å². The number of carbonyl (C=O) groups excluding carboxylic acids is 2. The Morgan fingerprint density at radius 1 is 1.07 bits per heavy atom. The number of aromatic nitrogens is 2. The molecular formula is C37H50N4O4. The first-order valence-electron chi connectivity index (χ1n) is 16.6. The summed E-state index contributed by atoms with van der Waals surface area (Å²) in [5, 5.41) is 7.13. The van der Waals surface area contributed by atoms with Crippen LogP contribution in [0.15, 0.2) is 54.9 Å². The maximum atomic E-state index is 14.7. The summed E-state index contributed by atoms with van der Waals surface area (Å²) >= 11 is 0. The lowest BCUT2D eigenvalue weighted by Gasteiger charge is -2.42. The first kappa shape index (κ1) is 32.6. The number of ether oxygens (including phenoxy) is 2. The lowest BCUT2D eigenvalue weighted by Crippen LogP contribution is -2.52. The zero-order chi connectivity index (χ0) is 32.1. The fraction of sp³-hybridized carbons (Fsp3) is 0.541. The van der Waals surface area contributed by atoms with Gasteiger partial charge < -0.3 is 19.7 Å². The van der Waals surface area contributed by atoms with Crippen molar-refractivity contribution in [3.8, 4) is 16.9 Å². The number of alkyl carbamates (subject to hydrolysis) is 1. The van der Waals surface area contributed by atoms with E-state index in [1.54, 1.807) is 14.2 Å². The molecule has 2 atom stereocenters. The Morgan fingerprint density at radius 2 is 1.84 bits per heavy atom. The van der Waals surface area contributed by atoms with Crippen LogP contribution in [0.2, 0.25) is 0 Å². The Balaban J connectivity index is 1.41. The second kappa shape index (κ2) is 14.1. The molecule has 0 spiro atoms. The zero-order valence-electron chi connectivity index (χ0n) is 27.8. The highest BCUT2D eigenvalue weighted by Gasteiger charge is 2.46. The highest BCUT2D eigenvalue weighted by Crippen LogP contribution is 2.41. The molecule has 0 saturated heterocycles. The van der Waals surface area contributed by atoms with Gasteiger partial charge >= 0.3 is 6.09 Å². The number of anilines is 1. The summed E-state index contributed by atoms with van der Waals surface area (Å²) in [4.78, 5) is 29.1. The van der Waals surface area contributed by atoms with Gasteiger partial charge in [-0.25, -0.2) is 4.79 Å². The Hall–Kier alpha value is -3.81. The minimum absolute atomic E-state index is 0.0454. The third kappa shape index (κ3) is 7.37. The first-order chi connectivity index (χ1) is 21.6. The fourth-order valence-electron chi connectivity index (χ4n) is 7.30. The zero-order valence-corrected chi connectivity index (χ0v) is 27.8. The number of nitrogens with zero attached hydrogens (tertiary/aromatic N) is 3. The van der Waals surface area contributed by atoms with Crippen molar-refractivity contribution >= 4 is 17.7 Å². The summed E-state index contributed by atoms with van der Waals surface area (Å²) in [6, 6.07) is 15.1. The highest BCUT2D eigenvalue weighted by atomic mass is 16.6. The smallest absolute Gasteiger partial charge is 0.407 e. The van der Waals surface area contributed by atoms with Crippen molar-refractivity contribution in [2.45, 2.75) is 96.6 Å². The van der Waals surface area contributed by atoms with Crippen molar-refractivity contribution in [3.63, 3.8) is 0 Å². The van der Waals surface area contributed by atoms with E-state index in [4.69, 9.17) is 9.47 Å². The minimum atomic E-state index is -0.854. The van der Waals surface area contributed by atoms with E-state index < -0.39 is 17.6 Å². The summed E-state index contributed by atoms with van der Waals surface area (Å²) in [5.74, 6) is 1.46. The molecular weight excluding hydrogens is 564 g/mol. The van der Waals surface area contributed by atoms with Crippen molar-refractivity contribution in [2.75, 3.05) is 25.6 Å². The SMILES string of the molecule is CNC(=O)O[C@]1(C)CCCC[C@H]1C(=O)N(CC1CCC(c2ccc(OC)c(C)c2)CC1)c1cccc(-c2cnn(C(C)C)c2)c1. The largest absolute Gasteiger partial charge is 0.496 e. The molecule has 2 amide bonds. The van der Waals surface area contributed by atoms with Gasteiger partial charge in [0.2, 0.25) is 5.91 Å². The second-order valence-electron chi connectivity index (χ2n) is 13.5. The molecule has 0 unspecified atom stereocenters. The molecule has 8 heteroatoms. The monoisotopic (exact) mass is 614 g/mol. The molecule has 5 rings (SSSR count). The number of rotatable bonds is 9. The van der Waals surface area contributed by atoms with E-state index in [-0.39, 0.29) is 11.9 Å². The molecule has 242 valence electrons. The number of methoxy groups -OCH3 is 1. The van der Waals surface area contributed by atoms with Gasteiger partial charge in [-0.3, -0.25) is 9.48 Å². The number of benzene rings is 2. The summed E-state index contributed by atoms with van der Waals surface area (Å²) in [7, 11) is 3.28. The Bertz CT molecular complexity index is 1470. The number of amides is 2. The molecule has 3 aromatic rings. The van der Waals surface area contributed by atoms with Gasteiger partial charge in [0.25, 0.3) is 0 Å². The molecule has 2 aliphatic rings. The van der Waals surface area contributed by atoms with E-state index in [9.17, 15) is 9.59 Å². The van der Waals surface area contributed by atoms with Crippen molar-refractivity contribution in [1.82, 2.24) is 15.1 Å². The van der Waals surface area contributed by atoms with Crippen LogP contribution in [-0.4, -0.2) is 48.1 Å². The van der Waals surface area contributed by atoms with Gasteiger partial charge in [-0.05, 0) is 119 Å². The minimum Gasteiger partial charge on any atom is -0.496 e. The lowest BCUT2D eigenvalue weighted by molar-refractivity contribution is -0.134. The van der Waals surface area contributed by atoms with Crippen LogP contribution in [-0.2, 0) is 9.53 Å². The van der Waals surface area contributed by atoms with E-state index >= 15 is 0 Å².